The molecule has 4 heteroatoms. The van der Waals surface area contributed by atoms with E-state index in [0.29, 0.717) is 0 Å². The van der Waals surface area contributed by atoms with Crippen LogP contribution in [0.4, 0.5) is 10.2 Å². The van der Waals surface area contributed by atoms with Crippen molar-refractivity contribution >= 4 is 5.82 Å². The van der Waals surface area contributed by atoms with E-state index in [9.17, 15) is 4.39 Å². The predicted octanol–water partition coefficient (Wildman–Crippen LogP) is 1.98. The summed E-state index contributed by atoms with van der Waals surface area (Å²) in [4.78, 5) is 0. The zero-order valence-corrected chi connectivity index (χ0v) is 8.07. The van der Waals surface area contributed by atoms with Crippen LogP contribution < -0.4 is 5.32 Å². The fraction of sp³-hybridized carbons (Fsp3) is 0.182. The minimum absolute atomic E-state index is 0.241. The minimum atomic E-state index is -0.241. The summed E-state index contributed by atoms with van der Waals surface area (Å²) in [7, 11) is 0. The molecule has 1 N–H and O–H groups in total. The van der Waals surface area contributed by atoms with Gasteiger partial charge < -0.3 is 5.32 Å². The first-order valence-electron chi connectivity index (χ1n) is 4.91. The molecule has 0 saturated carbocycles. The molecule has 76 valence electrons. The summed E-state index contributed by atoms with van der Waals surface area (Å²) < 4.78 is 14.8. The molecule has 15 heavy (non-hydrogen) atoms. The van der Waals surface area contributed by atoms with Gasteiger partial charge in [-0.15, -0.1) is 0 Å². The van der Waals surface area contributed by atoms with E-state index >= 15 is 0 Å². The Morgan fingerprint density at radius 2 is 2.33 bits per heavy atom. The van der Waals surface area contributed by atoms with Crippen LogP contribution in [-0.4, -0.2) is 16.3 Å². The molecule has 1 aliphatic rings. The van der Waals surface area contributed by atoms with Crippen molar-refractivity contribution < 1.29 is 4.39 Å². The highest BCUT2D eigenvalue weighted by Gasteiger charge is 2.16. The molecule has 3 nitrogen and oxygen atoms in total. The van der Waals surface area contributed by atoms with Gasteiger partial charge in [-0.25, -0.2) is 9.07 Å². The number of nitrogens with one attached hydrogen (secondary N) is 1. The number of nitrogens with zero attached hydrogens (tertiary/aromatic N) is 2. The zero-order chi connectivity index (χ0) is 10.3. The van der Waals surface area contributed by atoms with Gasteiger partial charge in [-0.05, 0) is 24.6 Å². The van der Waals surface area contributed by atoms with Gasteiger partial charge in [-0.3, -0.25) is 0 Å². The van der Waals surface area contributed by atoms with E-state index in [0.717, 1.165) is 24.5 Å². The predicted molar refractivity (Wildman–Crippen MR) is 55.7 cm³/mol. The number of hydrogen-bond donors (Lipinski definition) is 1. The lowest BCUT2D eigenvalue weighted by Crippen LogP contribution is -2.03. The van der Waals surface area contributed by atoms with Crippen LogP contribution in [0.5, 0.6) is 0 Å². The molecule has 0 fully saturated rings. The molecular weight excluding hydrogens is 193 g/mol. The van der Waals surface area contributed by atoms with Crippen LogP contribution in [0.1, 0.15) is 5.56 Å². The first kappa shape index (κ1) is 8.47. The quantitative estimate of drug-likeness (QED) is 0.768. The Balaban J connectivity index is 2.13. The number of hydrogen-bond acceptors (Lipinski definition) is 2. The third-order valence-corrected chi connectivity index (χ3v) is 2.58. The van der Waals surface area contributed by atoms with Gasteiger partial charge in [0.2, 0.25) is 0 Å². The second kappa shape index (κ2) is 3.08. The average molecular weight is 203 g/mol. The Bertz CT molecular complexity index is 504. The third kappa shape index (κ3) is 1.29. The van der Waals surface area contributed by atoms with Gasteiger partial charge in [0.1, 0.15) is 11.6 Å². The molecule has 0 bridgehead atoms. The molecule has 1 aliphatic heterocycles. The molecule has 1 aromatic heterocycles. The van der Waals surface area contributed by atoms with E-state index in [-0.39, 0.29) is 5.82 Å². The topological polar surface area (TPSA) is 29.9 Å². The number of benzene rings is 1. The highest BCUT2D eigenvalue weighted by molar-refractivity contribution is 5.54. The number of halogens is 1. The molecule has 0 atom stereocenters. The van der Waals surface area contributed by atoms with Crippen LogP contribution in [0.2, 0.25) is 0 Å². The first-order valence-corrected chi connectivity index (χ1v) is 4.91. The Kier molecular flexibility index (Phi) is 1.74. The maximum absolute atomic E-state index is 13.0. The van der Waals surface area contributed by atoms with Gasteiger partial charge in [0.15, 0.2) is 0 Å². The molecule has 1 aromatic carbocycles. The average Bonchev–Trinajstić information content (AvgIpc) is 2.77. The van der Waals surface area contributed by atoms with Crippen LogP contribution in [0.3, 0.4) is 0 Å². The monoisotopic (exact) mass is 203 g/mol. The van der Waals surface area contributed by atoms with Gasteiger partial charge in [0, 0.05) is 12.1 Å². The SMILES string of the molecule is Fc1cccc(-n2ncc3c2NCC3)c1. The largest absolute Gasteiger partial charge is 0.369 e. The maximum Gasteiger partial charge on any atom is 0.133 e. The molecule has 0 amide bonds. The molecule has 0 spiro atoms. The maximum atomic E-state index is 13.0. The van der Waals surface area contributed by atoms with Crippen LogP contribution in [0.25, 0.3) is 5.69 Å². The highest BCUT2D eigenvalue weighted by atomic mass is 19.1. The van der Waals surface area contributed by atoms with E-state index in [1.807, 2.05) is 12.3 Å². The van der Waals surface area contributed by atoms with Gasteiger partial charge in [0.05, 0.1) is 11.9 Å². The zero-order valence-electron chi connectivity index (χ0n) is 8.07. The van der Waals surface area contributed by atoms with Crippen molar-refractivity contribution in [2.75, 3.05) is 11.9 Å². The number of fused-ring (bicyclic) bond motifs is 1. The first-order chi connectivity index (χ1) is 7.34. The van der Waals surface area contributed by atoms with Gasteiger partial charge in [0.25, 0.3) is 0 Å². The summed E-state index contributed by atoms with van der Waals surface area (Å²) >= 11 is 0. The fourth-order valence-corrected chi connectivity index (χ4v) is 1.87. The highest BCUT2D eigenvalue weighted by Crippen LogP contribution is 2.24. The van der Waals surface area contributed by atoms with Crippen molar-refractivity contribution in [1.82, 2.24) is 9.78 Å². The van der Waals surface area contributed by atoms with E-state index in [1.54, 1.807) is 10.7 Å². The second-order valence-electron chi connectivity index (χ2n) is 3.59. The van der Waals surface area contributed by atoms with Gasteiger partial charge in [-0.1, -0.05) is 6.07 Å². The summed E-state index contributed by atoms with van der Waals surface area (Å²) in [6, 6.07) is 6.44. The Hall–Kier alpha value is -1.84. The van der Waals surface area contributed by atoms with Crippen molar-refractivity contribution in [3.05, 3.63) is 41.8 Å². The minimum Gasteiger partial charge on any atom is -0.369 e. The van der Waals surface area contributed by atoms with Crippen LogP contribution in [-0.2, 0) is 6.42 Å². The summed E-state index contributed by atoms with van der Waals surface area (Å²) in [5, 5.41) is 7.48. The Labute approximate surface area is 86.5 Å². The Morgan fingerprint density at radius 1 is 1.40 bits per heavy atom. The normalized spacial score (nSPS) is 13.7. The molecule has 2 aromatic rings. The summed E-state index contributed by atoms with van der Waals surface area (Å²) in [5.41, 5.74) is 1.95. The molecule has 0 aliphatic carbocycles. The van der Waals surface area contributed by atoms with Crippen molar-refractivity contribution in [1.29, 1.82) is 0 Å². The summed E-state index contributed by atoms with van der Waals surface area (Å²) in [6.45, 7) is 0.933. The van der Waals surface area contributed by atoms with Crippen molar-refractivity contribution in [2.24, 2.45) is 0 Å². The standard InChI is InChI=1S/C11H10FN3/c12-9-2-1-3-10(6-9)15-11-8(7-14-15)4-5-13-11/h1-3,6-7,13H,4-5H2. The molecule has 0 radical (unpaired) electrons. The van der Waals surface area contributed by atoms with Gasteiger partial charge in [-0.2, -0.15) is 5.10 Å². The number of rotatable bonds is 1. The van der Waals surface area contributed by atoms with Crippen molar-refractivity contribution in [2.45, 2.75) is 6.42 Å². The molecule has 0 saturated heterocycles. The number of anilines is 1. The summed E-state index contributed by atoms with van der Waals surface area (Å²) in [5.74, 6) is 0.746. The van der Waals surface area contributed by atoms with Crippen molar-refractivity contribution in [3.8, 4) is 5.69 Å². The lowest BCUT2D eigenvalue weighted by Gasteiger charge is -2.05. The van der Waals surface area contributed by atoms with E-state index in [4.69, 9.17) is 0 Å². The number of aromatic nitrogens is 2. The van der Waals surface area contributed by atoms with E-state index in [2.05, 4.69) is 10.4 Å². The van der Waals surface area contributed by atoms with E-state index < -0.39 is 0 Å². The smallest absolute Gasteiger partial charge is 0.133 e. The molecule has 3 rings (SSSR count). The van der Waals surface area contributed by atoms with Crippen LogP contribution in [0, 0.1) is 5.82 Å². The fourth-order valence-electron chi connectivity index (χ4n) is 1.87. The lowest BCUT2D eigenvalue weighted by molar-refractivity contribution is 0.625. The van der Waals surface area contributed by atoms with Gasteiger partial charge >= 0.3 is 0 Å². The molecule has 0 unspecified atom stereocenters. The molecular formula is C11H10FN3. The lowest BCUT2D eigenvalue weighted by atomic mass is 10.3. The third-order valence-electron chi connectivity index (χ3n) is 2.58. The van der Waals surface area contributed by atoms with E-state index in [1.165, 1.54) is 17.7 Å². The van der Waals surface area contributed by atoms with Crippen LogP contribution >= 0.6 is 0 Å². The van der Waals surface area contributed by atoms with Crippen molar-refractivity contribution in [3.63, 3.8) is 0 Å². The molecule has 2 heterocycles. The van der Waals surface area contributed by atoms with Crippen LogP contribution in [0.15, 0.2) is 30.5 Å². The summed E-state index contributed by atoms with van der Waals surface area (Å²) in [6.07, 6.45) is 2.82. The Morgan fingerprint density at radius 3 is 3.20 bits per heavy atom. The second-order valence-corrected chi connectivity index (χ2v) is 3.59.